The van der Waals surface area contributed by atoms with Crippen molar-refractivity contribution in [2.45, 2.75) is 19.9 Å². The molecule has 0 saturated carbocycles. The molecule has 1 aliphatic heterocycles. The number of aromatic nitrogens is 6. The average Bonchev–Trinajstić information content (AvgIpc) is 3.39. The number of hydrogen-bond donors (Lipinski definition) is 2. The third-order valence-corrected chi connectivity index (χ3v) is 5.71. The molecule has 0 bridgehead atoms. The fraction of sp³-hybridized carbons (Fsp3) is 0.333. The van der Waals surface area contributed by atoms with Crippen LogP contribution in [0, 0.1) is 12.7 Å². The van der Waals surface area contributed by atoms with E-state index in [2.05, 4.69) is 25.4 Å². The zero-order valence-corrected chi connectivity index (χ0v) is 18.2. The van der Waals surface area contributed by atoms with Crippen LogP contribution in [0.3, 0.4) is 0 Å². The van der Waals surface area contributed by atoms with Crippen LogP contribution in [0.2, 0.25) is 5.02 Å². The summed E-state index contributed by atoms with van der Waals surface area (Å²) in [6.07, 6.45) is 1.83. The van der Waals surface area contributed by atoms with Crippen LogP contribution in [0.25, 0.3) is 5.65 Å². The monoisotopic (exact) mass is 456 g/mol. The molecule has 32 heavy (non-hydrogen) atoms. The Hall–Kier alpha value is -3.08. The molecule has 3 aromatic heterocycles. The topological polar surface area (TPSA) is 96.3 Å². The third-order valence-electron chi connectivity index (χ3n) is 5.48. The minimum Gasteiger partial charge on any atom is -0.379 e. The Kier molecular flexibility index (Phi) is 5.73. The van der Waals surface area contributed by atoms with E-state index in [1.165, 1.54) is 12.4 Å². The lowest BCUT2D eigenvalue weighted by molar-refractivity contribution is 0.0343. The molecule has 0 amide bonds. The van der Waals surface area contributed by atoms with E-state index in [-0.39, 0.29) is 5.82 Å². The molecular formula is C21H22ClFN8O. The first-order valence-corrected chi connectivity index (χ1v) is 10.7. The number of aromatic amines is 1. The van der Waals surface area contributed by atoms with Crippen LogP contribution in [-0.4, -0.2) is 61.0 Å². The molecule has 0 aliphatic carbocycles. The number of nitrogens with zero attached hydrogens (tertiary/aromatic N) is 6. The molecule has 1 aliphatic rings. The van der Waals surface area contributed by atoms with Gasteiger partial charge in [0.25, 0.3) is 0 Å². The largest absolute Gasteiger partial charge is 0.379 e. The van der Waals surface area contributed by atoms with Gasteiger partial charge in [-0.1, -0.05) is 17.7 Å². The summed E-state index contributed by atoms with van der Waals surface area (Å²) in [6, 6.07) is 6.66. The van der Waals surface area contributed by atoms with Crippen molar-refractivity contribution >= 4 is 29.0 Å². The second-order valence-electron chi connectivity index (χ2n) is 7.68. The van der Waals surface area contributed by atoms with Crippen LogP contribution in [0.5, 0.6) is 0 Å². The number of anilines is 2. The Balaban J connectivity index is 1.57. The van der Waals surface area contributed by atoms with Gasteiger partial charge < -0.3 is 10.1 Å². The Morgan fingerprint density at radius 2 is 2.06 bits per heavy atom. The number of aryl methyl sites for hydroxylation is 1. The zero-order valence-electron chi connectivity index (χ0n) is 17.5. The molecule has 11 heteroatoms. The van der Waals surface area contributed by atoms with Crippen LogP contribution in [0.15, 0.2) is 30.6 Å². The fourth-order valence-corrected chi connectivity index (χ4v) is 4.00. The highest BCUT2D eigenvalue weighted by Crippen LogP contribution is 2.24. The number of hydrogen-bond acceptors (Lipinski definition) is 7. The molecule has 0 atom stereocenters. The molecule has 9 nitrogen and oxygen atoms in total. The highest BCUT2D eigenvalue weighted by molar-refractivity contribution is 6.30. The normalized spacial score (nSPS) is 14.8. The maximum atomic E-state index is 14.5. The number of fused-ring (bicyclic) bond motifs is 1. The summed E-state index contributed by atoms with van der Waals surface area (Å²) in [6.45, 7) is 5.72. The summed E-state index contributed by atoms with van der Waals surface area (Å²) in [5.74, 6) is 0.641. The van der Waals surface area contributed by atoms with Crippen molar-refractivity contribution < 1.29 is 9.13 Å². The van der Waals surface area contributed by atoms with Crippen molar-refractivity contribution in [1.29, 1.82) is 0 Å². The standard InChI is InChI=1S/C21H22ClFN8O/c1-13-18(8-14-2-3-16(22)10-17(14)23)31-20(26-13)15(11-30-4-6-32-7-5-30)9-19(29-31)27-21-24-12-25-28-21/h2-3,9-10,12H,4-8,11H2,1H3,(H2,24,25,27,28,29). The number of morpholine rings is 1. The molecule has 1 fully saturated rings. The van der Waals surface area contributed by atoms with Crippen LogP contribution in [-0.2, 0) is 17.7 Å². The number of H-pyrrole nitrogens is 1. The third kappa shape index (κ3) is 4.29. The van der Waals surface area contributed by atoms with Gasteiger partial charge in [-0.3, -0.25) is 10.00 Å². The highest BCUT2D eigenvalue weighted by Gasteiger charge is 2.20. The van der Waals surface area contributed by atoms with E-state index >= 15 is 0 Å². The van der Waals surface area contributed by atoms with Crippen molar-refractivity contribution in [2.24, 2.45) is 0 Å². The van der Waals surface area contributed by atoms with Gasteiger partial charge in [-0.2, -0.15) is 0 Å². The smallest absolute Gasteiger partial charge is 0.247 e. The number of nitrogens with one attached hydrogen (secondary N) is 2. The molecule has 2 N–H and O–H groups in total. The lowest BCUT2D eigenvalue weighted by Gasteiger charge is -2.26. The minimum absolute atomic E-state index is 0.337. The van der Waals surface area contributed by atoms with E-state index in [9.17, 15) is 4.39 Å². The summed E-state index contributed by atoms with van der Waals surface area (Å²) in [5.41, 5.74) is 3.89. The van der Waals surface area contributed by atoms with Crippen LogP contribution in [0.4, 0.5) is 16.2 Å². The Morgan fingerprint density at radius 1 is 1.22 bits per heavy atom. The lowest BCUT2D eigenvalue weighted by Crippen LogP contribution is -2.35. The first kappa shape index (κ1) is 20.8. The van der Waals surface area contributed by atoms with Crippen molar-refractivity contribution in [3.8, 4) is 0 Å². The molecule has 0 radical (unpaired) electrons. The van der Waals surface area contributed by atoms with Gasteiger partial charge in [0.2, 0.25) is 5.95 Å². The molecular weight excluding hydrogens is 435 g/mol. The first-order valence-electron chi connectivity index (χ1n) is 10.3. The molecule has 166 valence electrons. The van der Waals surface area contributed by atoms with Gasteiger partial charge in [-0.25, -0.2) is 18.9 Å². The SMILES string of the molecule is Cc1nc2c(CN3CCOCC3)cc(Nc3nc[nH]n3)nn2c1Cc1ccc(Cl)cc1F. The Bertz CT molecular complexity index is 1240. The second kappa shape index (κ2) is 8.81. The fourth-order valence-electron chi connectivity index (χ4n) is 3.84. The molecule has 4 heterocycles. The summed E-state index contributed by atoms with van der Waals surface area (Å²) >= 11 is 5.92. The molecule has 5 rings (SSSR count). The van der Waals surface area contributed by atoms with Gasteiger partial charge in [0.1, 0.15) is 12.1 Å². The van der Waals surface area contributed by atoms with Gasteiger partial charge in [0.15, 0.2) is 11.5 Å². The molecule has 4 aromatic rings. The predicted octanol–water partition coefficient (Wildman–Crippen LogP) is 3.11. The van der Waals surface area contributed by atoms with Crippen molar-refractivity contribution in [1.82, 2.24) is 34.7 Å². The minimum atomic E-state index is -0.351. The number of benzene rings is 1. The van der Waals surface area contributed by atoms with E-state index < -0.39 is 0 Å². The van der Waals surface area contributed by atoms with E-state index in [1.54, 1.807) is 16.6 Å². The van der Waals surface area contributed by atoms with E-state index in [0.29, 0.717) is 48.5 Å². The predicted molar refractivity (Wildman–Crippen MR) is 118 cm³/mol. The summed E-state index contributed by atoms with van der Waals surface area (Å²) in [5, 5.41) is 14.9. The van der Waals surface area contributed by atoms with E-state index in [4.69, 9.17) is 26.4 Å². The molecule has 1 aromatic carbocycles. The van der Waals surface area contributed by atoms with Crippen molar-refractivity contribution in [2.75, 3.05) is 31.6 Å². The Labute approximate surface area is 188 Å². The van der Waals surface area contributed by atoms with Crippen molar-refractivity contribution in [3.63, 3.8) is 0 Å². The maximum absolute atomic E-state index is 14.5. The summed E-state index contributed by atoms with van der Waals surface area (Å²) in [7, 11) is 0. The van der Waals surface area contributed by atoms with Gasteiger partial charge in [-0.05, 0) is 30.7 Å². The quantitative estimate of drug-likeness (QED) is 0.460. The first-order chi connectivity index (χ1) is 15.6. The molecule has 0 spiro atoms. The van der Waals surface area contributed by atoms with Crippen LogP contribution < -0.4 is 5.32 Å². The number of ether oxygens (including phenoxy) is 1. The highest BCUT2D eigenvalue weighted by atomic mass is 35.5. The average molecular weight is 457 g/mol. The second-order valence-corrected chi connectivity index (χ2v) is 8.12. The molecule has 0 unspecified atom stereocenters. The van der Waals surface area contributed by atoms with Gasteiger partial charge in [0.05, 0.1) is 24.6 Å². The summed E-state index contributed by atoms with van der Waals surface area (Å²) < 4.78 is 21.8. The number of rotatable bonds is 6. The maximum Gasteiger partial charge on any atom is 0.247 e. The van der Waals surface area contributed by atoms with Crippen LogP contribution in [0.1, 0.15) is 22.5 Å². The van der Waals surface area contributed by atoms with Gasteiger partial charge in [0, 0.05) is 36.6 Å². The van der Waals surface area contributed by atoms with E-state index in [0.717, 1.165) is 35.7 Å². The molecule has 1 saturated heterocycles. The number of imidazole rings is 1. The zero-order chi connectivity index (χ0) is 22.1. The number of halogens is 2. The van der Waals surface area contributed by atoms with E-state index in [1.807, 2.05) is 13.0 Å². The van der Waals surface area contributed by atoms with Gasteiger partial charge in [-0.15, -0.1) is 10.2 Å². The Morgan fingerprint density at radius 3 is 2.81 bits per heavy atom. The van der Waals surface area contributed by atoms with Crippen LogP contribution >= 0.6 is 11.6 Å². The summed E-state index contributed by atoms with van der Waals surface area (Å²) in [4.78, 5) is 11.2. The lowest BCUT2D eigenvalue weighted by atomic mass is 10.1. The van der Waals surface area contributed by atoms with Crippen molar-refractivity contribution in [3.05, 3.63) is 63.9 Å². The van der Waals surface area contributed by atoms with Gasteiger partial charge >= 0.3 is 0 Å².